The van der Waals surface area contributed by atoms with E-state index in [0.29, 0.717) is 22.6 Å². The molecular formula is C26H16N2O2S2. The van der Waals surface area contributed by atoms with Crippen LogP contribution in [-0.2, 0) is 0 Å². The number of rotatable bonds is 8. The predicted molar refractivity (Wildman–Crippen MR) is 126 cm³/mol. The van der Waals surface area contributed by atoms with Crippen LogP contribution >= 0.6 is 23.5 Å². The maximum Gasteiger partial charge on any atom is 0.148 e. The number of benzene rings is 3. The van der Waals surface area contributed by atoms with E-state index >= 15 is 0 Å². The van der Waals surface area contributed by atoms with Gasteiger partial charge >= 0.3 is 0 Å². The Morgan fingerprint density at radius 3 is 1.34 bits per heavy atom. The van der Waals surface area contributed by atoms with Crippen molar-refractivity contribution in [2.24, 2.45) is 0 Å². The van der Waals surface area contributed by atoms with Crippen molar-refractivity contribution in [3.05, 3.63) is 71.8 Å². The van der Waals surface area contributed by atoms with E-state index < -0.39 is 0 Å². The lowest BCUT2D eigenvalue weighted by Crippen LogP contribution is -1.93. The van der Waals surface area contributed by atoms with Crippen LogP contribution in [0, 0.1) is 47.3 Å². The van der Waals surface area contributed by atoms with Gasteiger partial charge in [0, 0.05) is 19.6 Å². The largest absolute Gasteiger partial charge is 0.481 e. The van der Waals surface area contributed by atoms with Crippen LogP contribution in [0.5, 0.6) is 11.5 Å². The Morgan fingerprint density at radius 1 is 0.656 bits per heavy atom. The topological polar surface area (TPSA) is 66.0 Å². The summed E-state index contributed by atoms with van der Waals surface area (Å²) in [6.45, 7) is 0.419. The Kier molecular flexibility index (Phi) is 8.14. The minimum atomic E-state index is 0.209. The lowest BCUT2D eigenvalue weighted by atomic mass is 10.1. The average molecular weight is 453 g/mol. The lowest BCUT2D eigenvalue weighted by Gasteiger charge is -2.12. The molecule has 0 heterocycles. The number of ether oxygens (including phenoxy) is 2. The molecule has 154 valence electrons. The predicted octanol–water partition coefficient (Wildman–Crippen LogP) is 5.76. The SMILES string of the molecule is C#CCOc1ccc(Sc2cc(C#N)c(C#N)cc2Sc2ccc(OCC#C)cc2)cc1. The molecule has 0 saturated heterocycles. The molecule has 0 N–H and O–H groups in total. The molecule has 32 heavy (non-hydrogen) atoms. The third kappa shape index (κ3) is 6.04. The summed E-state index contributed by atoms with van der Waals surface area (Å²) in [5.41, 5.74) is 0.678. The fourth-order valence-electron chi connectivity index (χ4n) is 2.62. The summed E-state index contributed by atoms with van der Waals surface area (Å²) in [7, 11) is 0. The molecule has 0 fully saturated rings. The van der Waals surface area contributed by atoms with E-state index in [0.717, 1.165) is 19.6 Å². The van der Waals surface area contributed by atoms with E-state index in [2.05, 4.69) is 24.0 Å². The van der Waals surface area contributed by atoms with Crippen LogP contribution in [0.3, 0.4) is 0 Å². The van der Waals surface area contributed by atoms with Crippen LogP contribution in [0.4, 0.5) is 0 Å². The first-order chi connectivity index (χ1) is 15.7. The zero-order valence-electron chi connectivity index (χ0n) is 16.9. The van der Waals surface area contributed by atoms with Gasteiger partial charge in [0.1, 0.15) is 36.9 Å². The molecule has 0 amide bonds. The second-order valence-corrected chi connectivity index (χ2v) is 8.43. The van der Waals surface area contributed by atoms with Gasteiger partial charge in [-0.1, -0.05) is 35.4 Å². The summed E-state index contributed by atoms with van der Waals surface area (Å²) in [6.07, 6.45) is 10.4. The Balaban J connectivity index is 1.88. The van der Waals surface area contributed by atoms with Crippen LogP contribution in [0.15, 0.2) is 80.2 Å². The summed E-state index contributed by atoms with van der Waals surface area (Å²) in [4.78, 5) is 3.67. The van der Waals surface area contributed by atoms with Crippen molar-refractivity contribution in [3.8, 4) is 48.3 Å². The van der Waals surface area contributed by atoms with E-state index in [1.165, 1.54) is 23.5 Å². The third-order valence-electron chi connectivity index (χ3n) is 4.07. The molecule has 0 aliphatic carbocycles. The quantitative estimate of drug-likeness (QED) is 0.405. The highest BCUT2D eigenvalue weighted by atomic mass is 32.2. The Bertz CT molecular complexity index is 1160. The fourth-order valence-corrected chi connectivity index (χ4v) is 4.59. The Labute approximate surface area is 196 Å². The molecule has 0 radical (unpaired) electrons. The highest BCUT2D eigenvalue weighted by Crippen LogP contribution is 2.41. The normalized spacial score (nSPS) is 9.62. The zero-order valence-corrected chi connectivity index (χ0v) is 18.5. The number of nitrogens with zero attached hydrogens (tertiary/aromatic N) is 2. The molecule has 0 spiro atoms. The number of nitriles is 2. The number of terminal acetylenes is 2. The van der Waals surface area contributed by atoms with Crippen LogP contribution in [0.1, 0.15) is 11.1 Å². The molecule has 3 aromatic rings. The molecule has 0 saturated carbocycles. The van der Waals surface area contributed by atoms with Gasteiger partial charge in [0.05, 0.1) is 11.1 Å². The van der Waals surface area contributed by atoms with Crippen molar-refractivity contribution >= 4 is 23.5 Å². The second-order valence-electron chi connectivity index (χ2n) is 6.20. The van der Waals surface area contributed by atoms with Gasteiger partial charge in [-0.25, -0.2) is 0 Å². The fraction of sp³-hybridized carbons (Fsp3) is 0.0769. The van der Waals surface area contributed by atoms with Crippen molar-refractivity contribution < 1.29 is 9.47 Å². The van der Waals surface area contributed by atoms with Crippen molar-refractivity contribution in [2.45, 2.75) is 19.6 Å². The smallest absolute Gasteiger partial charge is 0.148 e. The molecule has 0 aromatic heterocycles. The van der Waals surface area contributed by atoms with E-state index in [-0.39, 0.29) is 13.2 Å². The Morgan fingerprint density at radius 2 is 1.03 bits per heavy atom. The van der Waals surface area contributed by atoms with Gasteiger partial charge in [-0.05, 0) is 60.7 Å². The van der Waals surface area contributed by atoms with Gasteiger partial charge in [-0.15, -0.1) is 12.8 Å². The molecule has 0 aliphatic rings. The summed E-state index contributed by atoms with van der Waals surface area (Å²) >= 11 is 3.01. The van der Waals surface area contributed by atoms with Crippen molar-refractivity contribution in [3.63, 3.8) is 0 Å². The lowest BCUT2D eigenvalue weighted by molar-refractivity contribution is 0.370. The highest BCUT2D eigenvalue weighted by Gasteiger charge is 2.13. The molecule has 4 nitrogen and oxygen atoms in total. The van der Waals surface area contributed by atoms with E-state index in [1.54, 1.807) is 12.1 Å². The first kappa shape index (κ1) is 22.7. The molecular weight excluding hydrogens is 436 g/mol. The van der Waals surface area contributed by atoms with E-state index in [9.17, 15) is 10.5 Å². The molecule has 0 atom stereocenters. The Hall–Kier alpha value is -3.94. The average Bonchev–Trinajstić information content (AvgIpc) is 2.83. The van der Waals surface area contributed by atoms with Gasteiger partial charge in [-0.3, -0.25) is 0 Å². The number of hydrogen-bond donors (Lipinski definition) is 0. The van der Waals surface area contributed by atoms with Crippen LogP contribution < -0.4 is 9.47 Å². The van der Waals surface area contributed by atoms with Crippen LogP contribution in [0.25, 0.3) is 0 Å². The minimum Gasteiger partial charge on any atom is -0.481 e. The van der Waals surface area contributed by atoms with Crippen molar-refractivity contribution in [1.29, 1.82) is 10.5 Å². The van der Waals surface area contributed by atoms with Gasteiger partial charge in [0.15, 0.2) is 0 Å². The zero-order chi connectivity index (χ0) is 22.8. The standard InChI is InChI=1S/C26H16N2O2S2/c1-3-13-29-21-5-9-23(10-6-21)31-25-15-19(17-27)20(18-28)16-26(25)32-24-11-7-22(8-12-24)30-14-4-2/h1-2,5-12,15-16H,13-14H2. The van der Waals surface area contributed by atoms with Gasteiger partial charge in [-0.2, -0.15) is 10.5 Å². The molecule has 3 rings (SSSR count). The molecule has 6 heteroatoms. The number of hydrogen-bond acceptors (Lipinski definition) is 6. The van der Waals surface area contributed by atoms with Crippen LogP contribution in [0.2, 0.25) is 0 Å². The second kappa shape index (κ2) is 11.5. The first-order valence-corrected chi connectivity index (χ1v) is 11.0. The minimum absolute atomic E-state index is 0.209. The summed E-state index contributed by atoms with van der Waals surface area (Å²) < 4.78 is 10.8. The van der Waals surface area contributed by atoms with Crippen molar-refractivity contribution in [2.75, 3.05) is 13.2 Å². The van der Waals surface area contributed by atoms with Gasteiger partial charge < -0.3 is 9.47 Å². The maximum atomic E-state index is 9.46. The molecule has 0 bridgehead atoms. The summed E-state index contributed by atoms with van der Waals surface area (Å²) in [6, 6.07) is 22.8. The van der Waals surface area contributed by atoms with Gasteiger partial charge in [0.25, 0.3) is 0 Å². The van der Waals surface area contributed by atoms with Gasteiger partial charge in [0.2, 0.25) is 0 Å². The van der Waals surface area contributed by atoms with Crippen LogP contribution in [-0.4, -0.2) is 13.2 Å². The summed E-state index contributed by atoms with van der Waals surface area (Å²) in [5.74, 6) is 6.24. The van der Waals surface area contributed by atoms with E-state index in [1.807, 2.05) is 48.5 Å². The molecule has 0 aliphatic heterocycles. The third-order valence-corrected chi connectivity index (χ3v) is 6.33. The first-order valence-electron chi connectivity index (χ1n) is 9.33. The van der Waals surface area contributed by atoms with Crippen molar-refractivity contribution in [1.82, 2.24) is 0 Å². The molecule has 0 unspecified atom stereocenters. The monoisotopic (exact) mass is 452 g/mol. The summed E-state index contributed by atoms with van der Waals surface area (Å²) in [5, 5.41) is 18.9. The molecule has 3 aromatic carbocycles. The van der Waals surface area contributed by atoms with E-state index in [4.69, 9.17) is 22.3 Å². The highest BCUT2D eigenvalue weighted by molar-refractivity contribution is 8.02. The maximum absolute atomic E-state index is 9.46.